The summed E-state index contributed by atoms with van der Waals surface area (Å²) in [7, 11) is 1.67. The van der Waals surface area contributed by atoms with Gasteiger partial charge in [-0.25, -0.2) is 0 Å². The average Bonchev–Trinajstić information content (AvgIpc) is 3.21. The van der Waals surface area contributed by atoms with E-state index in [0.29, 0.717) is 30.6 Å². The molecule has 3 atom stereocenters. The maximum atomic E-state index is 12.5. The minimum absolute atomic E-state index is 0.0364. The molecule has 2 N–H and O–H groups in total. The fourth-order valence-electron chi connectivity index (χ4n) is 4.29. The molecule has 0 fully saturated rings. The van der Waals surface area contributed by atoms with Gasteiger partial charge < -0.3 is 15.4 Å². The van der Waals surface area contributed by atoms with Crippen molar-refractivity contribution in [3.8, 4) is 0 Å². The first-order valence-electron chi connectivity index (χ1n) is 9.77. The second-order valence-corrected chi connectivity index (χ2v) is 7.81. The zero-order valence-electron chi connectivity index (χ0n) is 16.0. The molecular formula is C23H25ClN2O2. The molecule has 1 aliphatic carbocycles. The summed E-state index contributed by atoms with van der Waals surface area (Å²) in [5.41, 5.74) is 4.10. The number of nitrogens with one attached hydrogen (secondary N) is 2. The number of fused-ring (bicyclic) bond motifs is 3. The summed E-state index contributed by atoms with van der Waals surface area (Å²) in [6.07, 6.45) is 6.32. The SMILES string of the molecule is COCCCNC(=O)c1ccc2c(c1)C1C=CCC1C(c1ccccc1Cl)N2. The van der Waals surface area contributed by atoms with E-state index in [1.807, 2.05) is 36.4 Å². The Morgan fingerprint density at radius 1 is 1.25 bits per heavy atom. The molecule has 1 aliphatic heterocycles. The van der Waals surface area contributed by atoms with Crippen molar-refractivity contribution in [2.75, 3.05) is 25.6 Å². The predicted molar refractivity (Wildman–Crippen MR) is 113 cm³/mol. The van der Waals surface area contributed by atoms with E-state index < -0.39 is 0 Å². The lowest BCUT2D eigenvalue weighted by Gasteiger charge is -2.38. The van der Waals surface area contributed by atoms with Gasteiger partial charge in [-0.3, -0.25) is 4.79 Å². The second kappa shape index (κ2) is 8.38. The molecule has 2 aliphatic rings. The van der Waals surface area contributed by atoms with Crippen LogP contribution in [-0.2, 0) is 4.74 Å². The molecular weight excluding hydrogens is 372 g/mol. The Morgan fingerprint density at radius 2 is 2.11 bits per heavy atom. The van der Waals surface area contributed by atoms with Crippen molar-refractivity contribution in [1.82, 2.24) is 5.32 Å². The van der Waals surface area contributed by atoms with Gasteiger partial charge in [0.1, 0.15) is 0 Å². The molecule has 1 amide bonds. The Morgan fingerprint density at radius 3 is 2.93 bits per heavy atom. The fraction of sp³-hybridized carbons (Fsp3) is 0.348. The highest BCUT2D eigenvalue weighted by atomic mass is 35.5. The highest BCUT2D eigenvalue weighted by Gasteiger charge is 2.38. The fourth-order valence-corrected chi connectivity index (χ4v) is 4.54. The smallest absolute Gasteiger partial charge is 0.251 e. The van der Waals surface area contributed by atoms with E-state index in [9.17, 15) is 4.79 Å². The summed E-state index contributed by atoms with van der Waals surface area (Å²) < 4.78 is 5.03. The van der Waals surface area contributed by atoms with Crippen LogP contribution in [0.15, 0.2) is 54.6 Å². The van der Waals surface area contributed by atoms with Crippen molar-refractivity contribution in [3.05, 3.63) is 76.3 Å². The molecule has 28 heavy (non-hydrogen) atoms. The number of hydrogen-bond donors (Lipinski definition) is 2. The molecule has 2 aromatic carbocycles. The third-order valence-corrected chi connectivity index (χ3v) is 6.02. The van der Waals surface area contributed by atoms with Crippen molar-refractivity contribution < 1.29 is 9.53 Å². The Balaban J connectivity index is 1.59. The van der Waals surface area contributed by atoms with E-state index in [2.05, 4.69) is 28.9 Å². The molecule has 0 bridgehead atoms. The summed E-state index contributed by atoms with van der Waals surface area (Å²) >= 11 is 6.49. The monoisotopic (exact) mass is 396 g/mol. The molecule has 4 nitrogen and oxygen atoms in total. The summed E-state index contributed by atoms with van der Waals surface area (Å²) in [5, 5.41) is 7.44. The van der Waals surface area contributed by atoms with Gasteiger partial charge in [-0.1, -0.05) is 42.0 Å². The third-order valence-electron chi connectivity index (χ3n) is 5.68. The van der Waals surface area contributed by atoms with Crippen molar-refractivity contribution >= 4 is 23.2 Å². The van der Waals surface area contributed by atoms with Crippen LogP contribution in [0.4, 0.5) is 5.69 Å². The molecule has 5 heteroatoms. The molecule has 0 aromatic heterocycles. The van der Waals surface area contributed by atoms with Crippen LogP contribution in [0.2, 0.25) is 5.02 Å². The average molecular weight is 397 g/mol. The molecule has 0 spiro atoms. The van der Waals surface area contributed by atoms with Crippen LogP contribution in [0.25, 0.3) is 0 Å². The zero-order valence-corrected chi connectivity index (χ0v) is 16.7. The van der Waals surface area contributed by atoms with Gasteiger partial charge in [0.25, 0.3) is 5.91 Å². The molecule has 2 aromatic rings. The largest absolute Gasteiger partial charge is 0.385 e. The number of halogens is 1. The van der Waals surface area contributed by atoms with Gasteiger partial charge in [-0.05, 0) is 54.2 Å². The maximum absolute atomic E-state index is 12.5. The molecule has 3 unspecified atom stereocenters. The zero-order chi connectivity index (χ0) is 19.5. The predicted octanol–water partition coefficient (Wildman–Crippen LogP) is 4.93. The lowest BCUT2D eigenvalue weighted by molar-refractivity contribution is 0.0948. The van der Waals surface area contributed by atoms with Gasteiger partial charge in [0, 0.05) is 42.5 Å². The van der Waals surface area contributed by atoms with Crippen LogP contribution in [-0.4, -0.2) is 26.2 Å². The topological polar surface area (TPSA) is 50.4 Å². The van der Waals surface area contributed by atoms with Crippen molar-refractivity contribution in [3.63, 3.8) is 0 Å². The molecule has 0 saturated carbocycles. The molecule has 0 saturated heterocycles. The number of allylic oxidation sites excluding steroid dienone is 2. The van der Waals surface area contributed by atoms with E-state index in [4.69, 9.17) is 16.3 Å². The van der Waals surface area contributed by atoms with Crippen molar-refractivity contribution in [1.29, 1.82) is 0 Å². The maximum Gasteiger partial charge on any atom is 0.251 e. The minimum atomic E-state index is -0.0364. The number of amides is 1. The number of benzene rings is 2. The Labute approximate surface area is 170 Å². The van der Waals surface area contributed by atoms with Gasteiger partial charge in [0.2, 0.25) is 0 Å². The standard InChI is InChI=1S/C23H25ClN2O2/c1-28-13-5-12-25-23(27)15-10-11-21-19(14-15)16-7-4-8-17(16)22(26-21)18-6-2-3-9-20(18)24/h2-4,6-7,9-11,14,16-17,22,26H,5,8,12-13H2,1H3,(H,25,27). The number of hydrogen-bond acceptors (Lipinski definition) is 3. The number of methoxy groups -OCH3 is 1. The van der Waals surface area contributed by atoms with Crippen LogP contribution in [0.3, 0.4) is 0 Å². The lowest BCUT2D eigenvalue weighted by Crippen LogP contribution is -2.30. The van der Waals surface area contributed by atoms with Crippen LogP contribution in [0.1, 0.15) is 46.3 Å². The molecule has 1 heterocycles. The third kappa shape index (κ3) is 3.67. The van der Waals surface area contributed by atoms with Crippen LogP contribution in [0.5, 0.6) is 0 Å². The Kier molecular flexibility index (Phi) is 5.69. The second-order valence-electron chi connectivity index (χ2n) is 7.40. The van der Waals surface area contributed by atoms with Gasteiger partial charge >= 0.3 is 0 Å². The first-order chi connectivity index (χ1) is 13.7. The van der Waals surface area contributed by atoms with Crippen molar-refractivity contribution in [2.24, 2.45) is 5.92 Å². The van der Waals surface area contributed by atoms with Crippen molar-refractivity contribution in [2.45, 2.75) is 24.8 Å². The van der Waals surface area contributed by atoms with Crippen LogP contribution < -0.4 is 10.6 Å². The highest BCUT2D eigenvalue weighted by Crippen LogP contribution is 2.50. The van der Waals surface area contributed by atoms with E-state index in [1.165, 1.54) is 5.56 Å². The number of anilines is 1. The van der Waals surface area contributed by atoms with E-state index in [0.717, 1.165) is 29.1 Å². The number of carbonyl (C=O) groups is 1. The number of ether oxygens (including phenoxy) is 1. The summed E-state index contributed by atoms with van der Waals surface area (Å²) in [6.45, 7) is 1.26. The lowest BCUT2D eigenvalue weighted by atomic mass is 9.76. The van der Waals surface area contributed by atoms with Crippen LogP contribution >= 0.6 is 11.6 Å². The first kappa shape index (κ1) is 19.0. The highest BCUT2D eigenvalue weighted by molar-refractivity contribution is 6.31. The molecule has 4 rings (SSSR count). The molecule has 0 radical (unpaired) electrons. The summed E-state index contributed by atoms with van der Waals surface area (Å²) in [5.74, 6) is 0.650. The van der Waals surface area contributed by atoms with E-state index in [1.54, 1.807) is 7.11 Å². The number of carbonyl (C=O) groups excluding carboxylic acids is 1. The van der Waals surface area contributed by atoms with Crippen LogP contribution in [0, 0.1) is 5.92 Å². The quantitative estimate of drug-likeness (QED) is 0.537. The minimum Gasteiger partial charge on any atom is -0.385 e. The van der Waals surface area contributed by atoms with E-state index >= 15 is 0 Å². The summed E-state index contributed by atoms with van der Waals surface area (Å²) in [6, 6.07) is 14.1. The molecule has 146 valence electrons. The number of rotatable bonds is 6. The van der Waals surface area contributed by atoms with E-state index in [-0.39, 0.29) is 11.9 Å². The van der Waals surface area contributed by atoms with Gasteiger partial charge in [-0.2, -0.15) is 0 Å². The Hall–Kier alpha value is -2.30. The van der Waals surface area contributed by atoms with Gasteiger partial charge in [0.15, 0.2) is 0 Å². The van der Waals surface area contributed by atoms with Gasteiger partial charge in [-0.15, -0.1) is 0 Å². The Bertz CT molecular complexity index is 896. The normalized spacial score (nSPS) is 22.3. The first-order valence-corrected chi connectivity index (χ1v) is 10.2. The van der Waals surface area contributed by atoms with Gasteiger partial charge in [0.05, 0.1) is 6.04 Å². The summed E-state index contributed by atoms with van der Waals surface area (Å²) in [4.78, 5) is 12.5.